The van der Waals surface area contributed by atoms with Crippen molar-refractivity contribution in [2.45, 2.75) is 40.0 Å². The highest BCUT2D eigenvalue weighted by molar-refractivity contribution is 5.94. The fourth-order valence-electron chi connectivity index (χ4n) is 4.00. The molecule has 0 aliphatic carbocycles. The Morgan fingerprint density at radius 2 is 1.78 bits per heavy atom. The summed E-state index contributed by atoms with van der Waals surface area (Å²) in [6.07, 6.45) is 2.49. The van der Waals surface area contributed by atoms with E-state index in [2.05, 4.69) is 33.0 Å². The first-order chi connectivity index (χ1) is 12.9. The van der Waals surface area contributed by atoms with Crippen molar-refractivity contribution in [1.29, 1.82) is 0 Å². The number of rotatable bonds is 2. The van der Waals surface area contributed by atoms with Crippen molar-refractivity contribution in [1.82, 2.24) is 29.5 Å². The van der Waals surface area contributed by atoms with Crippen LogP contribution >= 0.6 is 0 Å². The van der Waals surface area contributed by atoms with Gasteiger partial charge in [0.15, 0.2) is 0 Å². The lowest BCUT2D eigenvalue weighted by Crippen LogP contribution is -2.42. The van der Waals surface area contributed by atoms with Crippen molar-refractivity contribution in [2.24, 2.45) is 5.92 Å². The van der Waals surface area contributed by atoms with Crippen LogP contribution < -0.4 is 0 Å². The Hall–Kier alpha value is -2.83. The van der Waals surface area contributed by atoms with Gasteiger partial charge in [-0.1, -0.05) is 6.92 Å². The number of hydrogen-bond acceptors (Lipinski definition) is 5. The molecule has 0 spiro atoms. The second-order valence-electron chi connectivity index (χ2n) is 7.56. The number of amides is 1. The summed E-state index contributed by atoms with van der Waals surface area (Å²) in [6, 6.07) is 5.81. The van der Waals surface area contributed by atoms with Gasteiger partial charge in [-0.2, -0.15) is 10.1 Å². The molecule has 0 aromatic carbocycles. The number of hydrogen-bond donors (Lipinski definition) is 0. The molecule has 1 amide bonds. The molecule has 1 aliphatic rings. The number of nitrogens with zero attached hydrogens (tertiary/aromatic N) is 6. The second kappa shape index (κ2) is 6.72. The van der Waals surface area contributed by atoms with Gasteiger partial charge in [0.25, 0.3) is 11.7 Å². The number of carbonyl (C=O) groups is 1. The Labute approximate surface area is 158 Å². The third kappa shape index (κ3) is 3.29. The van der Waals surface area contributed by atoms with Crippen molar-refractivity contribution in [3.05, 3.63) is 52.9 Å². The van der Waals surface area contributed by atoms with Gasteiger partial charge in [0.2, 0.25) is 0 Å². The lowest BCUT2D eigenvalue weighted by atomic mass is 9.84. The van der Waals surface area contributed by atoms with E-state index in [-0.39, 0.29) is 11.8 Å². The second-order valence-corrected chi connectivity index (χ2v) is 7.56. The fourth-order valence-corrected chi connectivity index (χ4v) is 4.00. The minimum atomic E-state index is 0.0705. The molecule has 1 aliphatic heterocycles. The monoisotopic (exact) mass is 364 g/mol. The molecule has 3 aromatic heterocycles. The zero-order valence-corrected chi connectivity index (χ0v) is 16.2. The minimum absolute atomic E-state index is 0.0705. The minimum Gasteiger partial charge on any atom is -0.338 e. The largest absolute Gasteiger partial charge is 0.338 e. The van der Waals surface area contributed by atoms with E-state index in [9.17, 15) is 4.79 Å². The van der Waals surface area contributed by atoms with Gasteiger partial charge in [-0.3, -0.25) is 9.78 Å². The predicted octanol–water partition coefficient (Wildman–Crippen LogP) is 2.71. The van der Waals surface area contributed by atoms with Crippen molar-refractivity contribution in [3.8, 4) is 0 Å². The molecular formula is C20H24N6O. The first-order valence-corrected chi connectivity index (χ1v) is 9.34. The summed E-state index contributed by atoms with van der Waals surface area (Å²) in [5.74, 6) is 1.32. The van der Waals surface area contributed by atoms with Crippen LogP contribution in [-0.4, -0.2) is 48.5 Å². The highest BCUT2D eigenvalue weighted by atomic mass is 16.2. The number of aryl methyl sites for hydroxylation is 3. The molecule has 7 nitrogen and oxygen atoms in total. The molecule has 140 valence electrons. The average molecular weight is 364 g/mol. The number of carbonyl (C=O) groups excluding carboxylic acids is 1. The zero-order valence-electron chi connectivity index (χ0n) is 16.2. The van der Waals surface area contributed by atoms with E-state index in [0.29, 0.717) is 23.8 Å². The molecular weight excluding hydrogens is 340 g/mol. The SMILES string of the molecule is Cc1cc(C(=O)N2CC[C@@H](C)[C@H](c3cc(C)nc4ncnn34)C2)cc(C)n1. The Bertz CT molecular complexity index is 991. The van der Waals surface area contributed by atoms with Gasteiger partial charge in [0.1, 0.15) is 6.33 Å². The molecule has 1 fully saturated rings. The molecule has 0 radical (unpaired) electrons. The number of piperidine rings is 1. The third-order valence-electron chi connectivity index (χ3n) is 5.36. The van der Waals surface area contributed by atoms with Gasteiger partial charge < -0.3 is 4.90 Å². The Balaban J connectivity index is 1.67. The van der Waals surface area contributed by atoms with Crippen LogP contribution in [0.25, 0.3) is 5.78 Å². The Kier molecular flexibility index (Phi) is 4.37. The Morgan fingerprint density at radius 3 is 2.52 bits per heavy atom. The third-order valence-corrected chi connectivity index (χ3v) is 5.36. The van der Waals surface area contributed by atoms with Gasteiger partial charge in [-0.05, 0) is 51.3 Å². The van der Waals surface area contributed by atoms with Gasteiger partial charge in [-0.15, -0.1) is 0 Å². The molecule has 1 saturated heterocycles. The van der Waals surface area contributed by atoms with E-state index in [4.69, 9.17) is 0 Å². The molecule has 7 heteroatoms. The number of likely N-dealkylation sites (tertiary alicyclic amines) is 1. The summed E-state index contributed by atoms with van der Waals surface area (Å²) in [4.78, 5) is 28.1. The number of fused-ring (bicyclic) bond motifs is 1. The highest BCUT2D eigenvalue weighted by Gasteiger charge is 2.32. The summed E-state index contributed by atoms with van der Waals surface area (Å²) in [6.45, 7) is 9.49. The topological polar surface area (TPSA) is 76.3 Å². The quantitative estimate of drug-likeness (QED) is 0.699. The summed E-state index contributed by atoms with van der Waals surface area (Å²) in [7, 11) is 0. The molecule has 2 atom stereocenters. The van der Waals surface area contributed by atoms with E-state index in [1.807, 2.05) is 42.3 Å². The van der Waals surface area contributed by atoms with E-state index < -0.39 is 0 Å². The molecule has 3 aromatic rings. The maximum atomic E-state index is 13.1. The van der Waals surface area contributed by atoms with E-state index in [1.54, 1.807) is 0 Å². The van der Waals surface area contributed by atoms with Crippen LogP contribution in [-0.2, 0) is 0 Å². The molecule has 27 heavy (non-hydrogen) atoms. The first-order valence-electron chi connectivity index (χ1n) is 9.34. The van der Waals surface area contributed by atoms with E-state index in [0.717, 1.165) is 35.7 Å². The normalized spacial score (nSPS) is 20.2. The van der Waals surface area contributed by atoms with Crippen LogP contribution in [0.5, 0.6) is 0 Å². The van der Waals surface area contributed by atoms with E-state index >= 15 is 0 Å². The number of pyridine rings is 1. The molecule has 0 N–H and O–H groups in total. The molecule has 4 rings (SSSR count). The summed E-state index contributed by atoms with van der Waals surface area (Å²) in [5, 5.41) is 4.35. The zero-order chi connectivity index (χ0) is 19.1. The highest BCUT2D eigenvalue weighted by Crippen LogP contribution is 2.33. The van der Waals surface area contributed by atoms with Crippen LogP contribution in [0.4, 0.5) is 0 Å². The number of aromatic nitrogens is 5. The van der Waals surface area contributed by atoms with E-state index in [1.165, 1.54) is 6.33 Å². The predicted molar refractivity (Wildman–Crippen MR) is 102 cm³/mol. The van der Waals surface area contributed by atoms with Crippen LogP contribution in [0.15, 0.2) is 24.5 Å². The van der Waals surface area contributed by atoms with Crippen LogP contribution in [0.3, 0.4) is 0 Å². The summed E-state index contributed by atoms with van der Waals surface area (Å²) >= 11 is 0. The lowest BCUT2D eigenvalue weighted by molar-refractivity contribution is 0.0665. The average Bonchev–Trinajstić information content (AvgIpc) is 3.08. The van der Waals surface area contributed by atoms with Crippen molar-refractivity contribution >= 4 is 11.7 Å². The molecule has 0 bridgehead atoms. The van der Waals surface area contributed by atoms with Gasteiger partial charge in [0.05, 0.1) is 5.69 Å². The van der Waals surface area contributed by atoms with Crippen molar-refractivity contribution in [3.63, 3.8) is 0 Å². The van der Waals surface area contributed by atoms with Crippen LogP contribution in [0.2, 0.25) is 0 Å². The van der Waals surface area contributed by atoms with Crippen LogP contribution in [0.1, 0.15) is 52.4 Å². The standard InChI is InChI=1S/C20H24N6O/c1-12-5-6-25(19(27)16-7-13(2)23-14(3)8-16)10-17(12)18-9-15(4)24-20-21-11-22-26(18)20/h7-9,11-12,17H,5-6,10H2,1-4H3/t12-,17-/m1/s1. The van der Waals surface area contributed by atoms with Gasteiger partial charge in [0, 0.05) is 41.7 Å². The lowest BCUT2D eigenvalue weighted by Gasteiger charge is -2.37. The molecule has 4 heterocycles. The first kappa shape index (κ1) is 17.6. The summed E-state index contributed by atoms with van der Waals surface area (Å²) in [5.41, 5.74) is 4.44. The van der Waals surface area contributed by atoms with Crippen molar-refractivity contribution < 1.29 is 4.79 Å². The smallest absolute Gasteiger partial charge is 0.254 e. The van der Waals surface area contributed by atoms with Crippen molar-refractivity contribution in [2.75, 3.05) is 13.1 Å². The van der Waals surface area contributed by atoms with Gasteiger partial charge in [-0.25, -0.2) is 9.50 Å². The fraction of sp³-hybridized carbons (Fsp3) is 0.450. The molecule has 0 unspecified atom stereocenters. The summed E-state index contributed by atoms with van der Waals surface area (Å²) < 4.78 is 1.81. The van der Waals surface area contributed by atoms with Crippen LogP contribution in [0, 0.1) is 26.7 Å². The van der Waals surface area contributed by atoms with Gasteiger partial charge >= 0.3 is 0 Å². The molecule has 0 saturated carbocycles. The maximum Gasteiger partial charge on any atom is 0.254 e. The Morgan fingerprint density at radius 1 is 1.07 bits per heavy atom. The maximum absolute atomic E-state index is 13.1.